The standard InChI is InChI=1S/C11H9BrFNOS/c12-9-5-16-4-8(9)11(15)7-3-6(13)1-2-10(7)14/h1-5,11,15H,14H2. The average molecular weight is 302 g/mol. The second kappa shape index (κ2) is 4.53. The highest BCUT2D eigenvalue weighted by molar-refractivity contribution is 9.10. The van der Waals surface area contributed by atoms with E-state index in [0.717, 1.165) is 4.47 Å². The van der Waals surface area contributed by atoms with Gasteiger partial charge in [0.15, 0.2) is 0 Å². The molecule has 1 aromatic heterocycles. The maximum Gasteiger partial charge on any atom is 0.123 e. The topological polar surface area (TPSA) is 46.2 Å². The molecular weight excluding hydrogens is 293 g/mol. The molecule has 0 saturated carbocycles. The molecule has 0 fully saturated rings. The smallest absolute Gasteiger partial charge is 0.123 e. The molecule has 2 nitrogen and oxygen atoms in total. The van der Waals surface area contributed by atoms with Crippen molar-refractivity contribution in [3.63, 3.8) is 0 Å². The Morgan fingerprint density at radius 3 is 2.69 bits per heavy atom. The van der Waals surface area contributed by atoms with Crippen molar-refractivity contribution >= 4 is 33.0 Å². The van der Waals surface area contributed by atoms with Gasteiger partial charge in [-0.1, -0.05) is 0 Å². The number of rotatable bonds is 2. The first-order valence-electron chi connectivity index (χ1n) is 4.54. The van der Waals surface area contributed by atoms with Gasteiger partial charge in [0.25, 0.3) is 0 Å². The van der Waals surface area contributed by atoms with E-state index < -0.39 is 11.9 Å². The summed E-state index contributed by atoms with van der Waals surface area (Å²) in [5.74, 6) is -0.408. The average Bonchev–Trinajstić information content (AvgIpc) is 2.67. The van der Waals surface area contributed by atoms with Gasteiger partial charge in [-0.3, -0.25) is 0 Å². The second-order valence-electron chi connectivity index (χ2n) is 3.35. The van der Waals surface area contributed by atoms with Crippen LogP contribution in [0.5, 0.6) is 0 Å². The van der Waals surface area contributed by atoms with Crippen molar-refractivity contribution in [2.45, 2.75) is 6.10 Å². The van der Waals surface area contributed by atoms with Crippen LogP contribution in [0, 0.1) is 5.82 Å². The predicted molar refractivity (Wildman–Crippen MR) is 66.9 cm³/mol. The molecule has 0 radical (unpaired) electrons. The summed E-state index contributed by atoms with van der Waals surface area (Å²) < 4.78 is 13.9. The van der Waals surface area contributed by atoms with Gasteiger partial charge < -0.3 is 10.8 Å². The van der Waals surface area contributed by atoms with Crippen molar-refractivity contribution in [1.29, 1.82) is 0 Å². The van der Waals surface area contributed by atoms with Crippen LogP contribution >= 0.6 is 27.3 Å². The highest BCUT2D eigenvalue weighted by Crippen LogP contribution is 2.33. The van der Waals surface area contributed by atoms with Gasteiger partial charge in [-0.05, 0) is 39.5 Å². The van der Waals surface area contributed by atoms with Crippen LogP contribution in [0.4, 0.5) is 10.1 Å². The number of anilines is 1. The lowest BCUT2D eigenvalue weighted by atomic mass is 10.0. The Morgan fingerprint density at radius 2 is 2.06 bits per heavy atom. The Labute approximate surface area is 105 Å². The third-order valence-electron chi connectivity index (χ3n) is 2.28. The quantitative estimate of drug-likeness (QED) is 0.836. The lowest BCUT2D eigenvalue weighted by Gasteiger charge is -2.13. The Bertz CT molecular complexity index is 514. The molecular formula is C11H9BrFNOS. The summed E-state index contributed by atoms with van der Waals surface area (Å²) >= 11 is 4.78. The van der Waals surface area contributed by atoms with E-state index in [4.69, 9.17) is 5.73 Å². The largest absolute Gasteiger partial charge is 0.398 e. The molecule has 1 atom stereocenters. The summed E-state index contributed by atoms with van der Waals surface area (Å²) in [6, 6.07) is 3.98. The molecule has 0 bridgehead atoms. The molecule has 0 aliphatic rings. The van der Waals surface area contributed by atoms with Crippen molar-refractivity contribution < 1.29 is 9.50 Å². The maximum atomic E-state index is 13.1. The van der Waals surface area contributed by atoms with Crippen LogP contribution < -0.4 is 5.73 Å². The fourth-order valence-corrected chi connectivity index (χ4v) is 2.97. The molecule has 1 aromatic carbocycles. The molecule has 0 aliphatic heterocycles. The summed E-state index contributed by atoms with van der Waals surface area (Å²) in [5.41, 5.74) is 7.17. The van der Waals surface area contributed by atoms with Gasteiger partial charge >= 0.3 is 0 Å². The Hall–Kier alpha value is -0.910. The minimum absolute atomic E-state index is 0.381. The summed E-state index contributed by atoms with van der Waals surface area (Å²) in [6.45, 7) is 0. The Morgan fingerprint density at radius 1 is 1.31 bits per heavy atom. The van der Waals surface area contributed by atoms with Crippen molar-refractivity contribution in [1.82, 2.24) is 0 Å². The zero-order valence-corrected chi connectivity index (χ0v) is 10.6. The lowest BCUT2D eigenvalue weighted by molar-refractivity contribution is 0.220. The van der Waals surface area contributed by atoms with E-state index >= 15 is 0 Å². The number of thiophene rings is 1. The van der Waals surface area contributed by atoms with Crippen LogP contribution in [0.15, 0.2) is 33.4 Å². The van der Waals surface area contributed by atoms with E-state index in [0.29, 0.717) is 16.8 Å². The second-order valence-corrected chi connectivity index (χ2v) is 4.95. The van der Waals surface area contributed by atoms with E-state index in [1.807, 2.05) is 5.38 Å². The van der Waals surface area contributed by atoms with Crippen molar-refractivity contribution in [3.8, 4) is 0 Å². The van der Waals surface area contributed by atoms with Gasteiger partial charge in [-0.2, -0.15) is 11.3 Å². The highest BCUT2D eigenvalue weighted by Gasteiger charge is 2.17. The van der Waals surface area contributed by atoms with Crippen LogP contribution in [-0.4, -0.2) is 5.11 Å². The van der Waals surface area contributed by atoms with Crippen molar-refractivity contribution in [3.05, 3.63) is 50.4 Å². The number of hydrogen-bond donors (Lipinski definition) is 2. The van der Waals surface area contributed by atoms with E-state index in [1.54, 1.807) is 5.38 Å². The molecule has 2 rings (SSSR count). The van der Waals surface area contributed by atoms with Crippen LogP contribution in [0.3, 0.4) is 0 Å². The zero-order chi connectivity index (χ0) is 11.7. The summed E-state index contributed by atoms with van der Waals surface area (Å²) in [4.78, 5) is 0. The van der Waals surface area contributed by atoms with E-state index in [1.165, 1.54) is 29.5 Å². The van der Waals surface area contributed by atoms with Crippen molar-refractivity contribution in [2.24, 2.45) is 0 Å². The highest BCUT2D eigenvalue weighted by atomic mass is 79.9. The first kappa shape index (κ1) is 11.6. The zero-order valence-electron chi connectivity index (χ0n) is 8.15. The van der Waals surface area contributed by atoms with Gasteiger partial charge in [0.1, 0.15) is 11.9 Å². The van der Waals surface area contributed by atoms with Gasteiger partial charge in [0, 0.05) is 26.7 Å². The Balaban J connectivity index is 2.45. The summed E-state index contributed by atoms with van der Waals surface area (Å²) in [5, 5.41) is 13.8. The molecule has 84 valence electrons. The van der Waals surface area contributed by atoms with E-state index in [-0.39, 0.29) is 0 Å². The summed E-state index contributed by atoms with van der Waals surface area (Å²) in [7, 11) is 0. The molecule has 2 aromatic rings. The van der Waals surface area contributed by atoms with Crippen LogP contribution in [-0.2, 0) is 0 Å². The molecule has 0 aliphatic carbocycles. The van der Waals surface area contributed by atoms with Crippen LogP contribution in [0.1, 0.15) is 17.2 Å². The third-order valence-corrected chi connectivity index (χ3v) is 4.03. The number of nitrogen functional groups attached to an aromatic ring is 1. The molecule has 5 heteroatoms. The number of halogens is 2. The number of hydrogen-bond acceptors (Lipinski definition) is 3. The Kier molecular flexibility index (Phi) is 3.28. The molecule has 0 spiro atoms. The van der Waals surface area contributed by atoms with Crippen molar-refractivity contribution in [2.75, 3.05) is 5.73 Å². The first-order chi connectivity index (χ1) is 7.59. The number of aliphatic hydroxyl groups excluding tert-OH is 1. The third kappa shape index (κ3) is 2.11. The SMILES string of the molecule is Nc1ccc(F)cc1C(O)c1cscc1Br. The fraction of sp³-hybridized carbons (Fsp3) is 0.0909. The normalized spacial score (nSPS) is 12.7. The minimum Gasteiger partial charge on any atom is -0.398 e. The van der Waals surface area contributed by atoms with Gasteiger partial charge in [0.2, 0.25) is 0 Å². The lowest BCUT2D eigenvalue weighted by Crippen LogP contribution is -2.04. The summed E-state index contributed by atoms with van der Waals surface area (Å²) in [6.07, 6.45) is -0.906. The minimum atomic E-state index is -0.906. The van der Waals surface area contributed by atoms with Crippen LogP contribution in [0.2, 0.25) is 0 Å². The van der Waals surface area contributed by atoms with Gasteiger partial charge in [0.05, 0.1) is 0 Å². The number of nitrogens with two attached hydrogens (primary N) is 1. The monoisotopic (exact) mass is 301 g/mol. The molecule has 16 heavy (non-hydrogen) atoms. The van der Waals surface area contributed by atoms with E-state index in [2.05, 4.69) is 15.9 Å². The molecule has 0 amide bonds. The number of benzene rings is 1. The molecule has 0 saturated heterocycles. The van der Waals surface area contributed by atoms with Crippen LogP contribution in [0.25, 0.3) is 0 Å². The predicted octanol–water partition coefficient (Wildman–Crippen LogP) is 3.31. The fourth-order valence-electron chi connectivity index (χ4n) is 1.44. The molecule has 1 unspecified atom stereocenters. The van der Waals surface area contributed by atoms with Gasteiger partial charge in [-0.25, -0.2) is 4.39 Å². The first-order valence-corrected chi connectivity index (χ1v) is 6.27. The van der Waals surface area contributed by atoms with E-state index in [9.17, 15) is 9.50 Å². The van der Waals surface area contributed by atoms with Gasteiger partial charge in [-0.15, -0.1) is 0 Å². The maximum absolute atomic E-state index is 13.1. The number of aliphatic hydroxyl groups is 1. The molecule has 1 heterocycles. The molecule has 3 N–H and O–H groups in total.